The van der Waals surface area contributed by atoms with Gasteiger partial charge in [0.2, 0.25) is 11.8 Å². The number of halogens is 1. The predicted molar refractivity (Wildman–Crippen MR) is 107 cm³/mol. The van der Waals surface area contributed by atoms with E-state index >= 15 is 0 Å². The molecular formula is C22H22FN3O2. The van der Waals surface area contributed by atoms with Gasteiger partial charge in [0, 0.05) is 18.9 Å². The number of carbonyl (C=O) groups excluding carboxylic acids is 2. The molecule has 1 saturated carbocycles. The van der Waals surface area contributed by atoms with Crippen molar-refractivity contribution >= 4 is 28.4 Å². The third-order valence-corrected chi connectivity index (χ3v) is 5.66. The monoisotopic (exact) mass is 379 g/mol. The van der Waals surface area contributed by atoms with Crippen molar-refractivity contribution in [1.82, 2.24) is 9.88 Å². The zero-order valence-electron chi connectivity index (χ0n) is 15.7. The first-order chi connectivity index (χ1) is 13.5. The number of fused-ring (bicyclic) bond motifs is 1. The van der Waals surface area contributed by atoms with Crippen molar-refractivity contribution in [2.24, 2.45) is 0 Å². The lowest BCUT2D eigenvalue weighted by atomic mass is 9.64. The molecule has 2 aromatic carbocycles. The number of anilines is 1. The minimum absolute atomic E-state index is 0.0749. The topological polar surface area (TPSA) is 63.1 Å². The van der Waals surface area contributed by atoms with Crippen LogP contribution in [0.4, 0.5) is 10.1 Å². The average molecular weight is 379 g/mol. The van der Waals surface area contributed by atoms with Crippen molar-refractivity contribution in [2.75, 3.05) is 12.4 Å². The molecule has 0 spiro atoms. The standard InChI is InChI=1S/C22H22FN3O2/c1-24-20(27)14-26-12-9-15-3-8-18(13-19(15)26)25-21(28)22(10-2-11-22)16-4-6-17(23)7-5-16/h3-9,12-13H,2,10-11,14H2,1H3,(H,24,27)(H,25,28). The summed E-state index contributed by atoms with van der Waals surface area (Å²) in [4.78, 5) is 24.8. The summed E-state index contributed by atoms with van der Waals surface area (Å²) in [5.41, 5.74) is 1.81. The van der Waals surface area contributed by atoms with Crippen LogP contribution in [0.2, 0.25) is 0 Å². The van der Waals surface area contributed by atoms with E-state index in [1.807, 2.05) is 35.0 Å². The normalized spacial score (nSPS) is 15.1. The van der Waals surface area contributed by atoms with Crippen LogP contribution < -0.4 is 10.6 Å². The first kappa shape index (κ1) is 18.2. The van der Waals surface area contributed by atoms with Gasteiger partial charge in [-0.05, 0) is 54.1 Å². The van der Waals surface area contributed by atoms with Crippen molar-refractivity contribution in [3.05, 3.63) is 66.1 Å². The number of likely N-dealkylation sites (N-methyl/N-ethyl adjacent to an activating group) is 1. The van der Waals surface area contributed by atoms with Crippen LogP contribution in [-0.2, 0) is 21.5 Å². The predicted octanol–water partition coefficient (Wildman–Crippen LogP) is 3.59. The molecule has 0 radical (unpaired) electrons. The molecule has 6 heteroatoms. The molecule has 0 bridgehead atoms. The van der Waals surface area contributed by atoms with Crippen LogP contribution >= 0.6 is 0 Å². The second-order valence-electron chi connectivity index (χ2n) is 7.29. The first-order valence-electron chi connectivity index (χ1n) is 9.39. The SMILES string of the molecule is CNC(=O)Cn1ccc2ccc(NC(=O)C3(c4ccc(F)cc4)CCC3)cc21. The molecule has 0 unspecified atom stereocenters. The molecule has 2 amide bonds. The first-order valence-corrected chi connectivity index (χ1v) is 9.39. The number of benzene rings is 2. The van der Waals surface area contributed by atoms with Crippen molar-refractivity contribution < 1.29 is 14.0 Å². The zero-order valence-corrected chi connectivity index (χ0v) is 15.7. The molecule has 4 rings (SSSR count). The third kappa shape index (κ3) is 3.15. The van der Waals surface area contributed by atoms with Crippen molar-refractivity contribution in [1.29, 1.82) is 0 Å². The molecule has 2 N–H and O–H groups in total. The zero-order chi connectivity index (χ0) is 19.7. The second kappa shape index (κ2) is 7.11. The fraction of sp³-hybridized carbons (Fsp3) is 0.273. The van der Waals surface area contributed by atoms with Crippen LogP contribution in [0.5, 0.6) is 0 Å². The number of carbonyl (C=O) groups is 2. The molecule has 1 aliphatic carbocycles. The van der Waals surface area contributed by atoms with Gasteiger partial charge >= 0.3 is 0 Å². The molecule has 144 valence electrons. The Bertz CT molecular complexity index is 1040. The minimum Gasteiger partial charge on any atom is -0.358 e. The van der Waals surface area contributed by atoms with E-state index in [4.69, 9.17) is 0 Å². The summed E-state index contributed by atoms with van der Waals surface area (Å²) < 4.78 is 15.1. The lowest BCUT2D eigenvalue weighted by Gasteiger charge is -2.40. The summed E-state index contributed by atoms with van der Waals surface area (Å²) >= 11 is 0. The molecule has 0 saturated heterocycles. The van der Waals surface area contributed by atoms with Gasteiger partial charge < -0.3 is 15.2 Å². The van der Waals surface area contributed by atoms with Gasteiger partial charge in [-0.15, -0.1) is 0 Å². The molecule has 3 aromatic rings. The van der Waals surface area contributed by atoms with Crippen LogP contribution in [0.15, 0.2) is 54.7 Å². The highest BCUT2D eigenvalue weighted by Crippen LogP contribution is 2.44. The fourth-order valence-electron chi connectivity index (χ4n) is 3.83. The van der Waals surface area contributed by atoms with Gasteiger partial charge in [0.25, 0.3) is 0 Å². The smallest absolute Gasteiger partial charge is 0.239 e. The van der Waals surface area contributed by atoms with E-state index in [1.54, 1.807) is 19.2 Å². The molecular weight excluding hydrogens is 357 g/mol. The van der Waals surface area contributed by atoms with E-state index in [9.17, 15) is 14.0 Å². The molecule has 28 heavy (non-hydrogen) atoms. The Balaban J connectivity index is 1.60. The Morgan fingerprint density at radius 1 is 1.11 bits per heavy atom. The van der Waals surface area contributed by atoms with Gasteiger partial charge in [0.1, 0.15) is 12.4 Å². The Morgan fingerprint density at radius 2 is 1.86 bits per heavy atom. The van der Waals surface area contributed by atoms with Crippen LogP contribution in [0.1, 0.15) is 24.8 Å². The van der Waals surface area contributed by atoms with Crippen molar-refractivity contribution in [3.8, 4) is 0 Å². The summed E-state index contributed by atoms with van der Waals surface area (Å²) in [5.74, 6) is -0.466. The number of nitrogens with one attached hydrogen (secondary N) is 2. The van der Waals surface area contributed by atoms with Crippen LogP contribution in [-0.4, -0.2) is 23.4 Å². The molecule has 0 atom stereocenters. The van der Waals surface area contributed by atoms with E-state index in [2.05, 4.69) is 10.6 Å². The van der Waals surface area contributed by atoms with Gasteiger partial charge in [0.05, 0.1) is 10.9 Å². The number of amides is 2. The molecule has 1 fully saturated rings. The van der Waals surface area contributed by atoms with E-state index in [1.165, 1.54) is 12.1 Å². The van der Waals surface area contributed by atoms with Crippen molar-refractivity contribution in [3.63, 3.8) is 0 Å². The van der Waals surface area contributed by atoms with E-state index in [0.717, 1.165) is 35.7 Å². The molecule has 5 nitrogen and oxygen atoms in total. The summed E-state index contributed by atoms with van der Waals surface area (Å²) in [6, 6.07) is 13.8. The summed E-state index contributed by atoms with van der Waals surface area (Å²) in [6.07, 6.45) is 4.33. The maximum absolute atomic E-state index is 13.3. The average Bonchev–Trinajstić information content (AvgIpc) is 3.04. The van der Waals surface area contributed by atoms with E-state index < -0.39 is 5.41 Å². The number of hydrogen-bond donors (Lipinski definition) is 2. The minimum atomic E-state index is -0.604. The number of nitrogens with zero attached hydrogens (tertiary/aromatic N) is 1. The highest BCUT2D eigenvalue weighted by atomic mass is 19.1. The maximum atomic E-state index is 13.3. The quantitative estimate of drug-likeness (QED) is 0.712. The Labute approximate surface area is 162 Å². The van der Waals surface area contributed by atoms with Gasteiger partial charge in [-0.2, -0.15) is 0 Å². The van der Waals surface area contributed by atoms with E-state index in [-0.39, 0.29) is 24.2 Å². The summed E-state index contributed by atoms with van der Waals surface area (Å²) in [5, 5.41) is 6.64. The maximum Gasteiger partial charge on any atom is 0.239 e. The molecule has 0 aliphatic heterocycles. The Kier molecular flexibility index (Phi) is 4.63. The van der Waals surface area contributed by atoms with Gasteiger partial charge in [0.15, 0.2) is 0 Å². The highest BCUT2D eigenvalue weighted by molar-refractivity contribution is 6.01. The number of rotatable bonds is 5. The molecule has 1 aromatic heterocycles. The van der Waals surface area contributed by atoms with Gasteiger partial charge in [-0.25, -0.2) is 4.39 Å². The fourth-order valence-corrected chi connectivity index (χ4v) is 3.83. The summed E-state index contributed by atoms with van der Waals surface area (Å²) in [6.45, 7) is 0.219. The second-order valence-corrected chi connectivity index (χ2v) is 7.29. The van der Waals surface area contributed by atoms with Gasteiger partial charge in [-0.3, -0.25) is 9.59 Å². The highest BCUT2D eigenvalue weighted by Gasteiger charge is 2.45. The van der Waals surface area contributed by atoms with Crippen molar-refractivity contribution in [2.45, 2.75) is 31.2 Å². The summed E-state index contributed by atoms with van der Waals surface area (Å²) in [7, 11) is 1.60. The number of aromatic nitrogens is 1. The van der Waals surface area contributed by atoms with Crippen LogP contribution in [0.25, 0.3) is 10.9 Å². The Morgan fingerprint density at radius 3 is 2.50 bits per heavy atom. The molecule has 1 aliphatic rings. The lowest BCUT2D eigenvalue weighted by Crippen LogP contribution is -2.46. The van der Waals surface area contributed by atoms with E-state index in [0.29, 0.717) is 5.69 Å². The Hall–Kier alpha value is -3.15. The largest absolute Gasteiger partial charge is 0.358 e. The molecule has 1 heterocycles. The lowest BCUT2D eigenvalue weighted by molar-refractivity contribution is -0.124. The third-order valence-electron chi connectivity index (χ3n) is 5.66. The van der Waals surface area contributed by atoms with Crippen LogP contribution in [0, 0.1) is 5.82 Å². The van der Waals surface area contributed by atoms with Gasteiger partial charge in [-0.1, -0.05) is 24.6 Å². The van der Waals surface area contributed by atoms with Crippen LogP contribution in [0.3, 0.4) is 0 Å². The number of hydrogen-bond acceptors (Lipinski definition) is 2.